The number of unbranched alkanes of at least 4 members (excludes halogenated alkanes) is 2. The first kappa shape index (κ1) is 19.5. The zero-order valence-electron chi connectivity index (χ0n) is 18.0. The van der Waals surface area contributed by atoms with E-state index in [4.69, 9.17) is 0 Å². The Labute approximate surface area is 172 Å². The lowest BCUT2D eigenvalue weighted by Crippen LogP contribution is -2.27. The predicted molar refractivity (Wildman–Crippen MR) is 122 cm³/mol. The summed E-state index contributed by atoms with van der Waals surface area (Å²) in [6.07, 6.45) is 12.7. The van der Waals surface area contributed by atoms with Crippen LogP contribution in [0.25, 0.3) is 11.1 Å². The molecule has 2 aromatic rings. The number of allylic oxidation sites excluding steroid dienone is 2. The maximum Gasteiger partial charge on any atom is -0.0149 e. The average molecular weight is 373 g/mol. The third kappa shape index (κ3) is 4.12. The van der Waals surface area contributed by atoms with Gasteiger partial charge in [-0.25, -0.2) is 0 Å². The highest BCUT2D eigenvalue weighted by molar-refractivity contribution is 5.72. The van der Waals surface area contributed by atoms with Crippen LogP contribution in [0, 0.1) is 17.8 Å². The first-order valence-electron chi connectivity index (χ1n) is 11.5. The standard InChI is InChI=1S/C28H36/c1-4-5-6-9-22-13-15-28-24(17-22)19-25(18-23-10-7-8-11-27(23)28)26-14-12-20(2)16-21(26)3/h7-8,10-13,15,17,21,25-26H,4-6,9,14,16,18-19H2,1-3H3. The fourth-order valence-electron chi connectivity index (χ4n) is 5.68. The van der Waals surface area contributed by atoms with E-state index in [9.17, 15) is 0 Å². The molecule has 0 nitrogen and oxygen atoms in total. The van der Waals surface area contributed by atoms with Crippen LogP contribution in [0.4, 0.5) is 0 Å². The lowest BCUT2D eigenvalue weighted by Gasteiger charge is -2.34. The molecule has 0 aromatic heterocycles. The second-order valence-electron chi connectivity index (χ2n) is 9.41. The van der Waals surface area contributed by atoms with Gasteiger partial charge in [0.15, 0.2) is 0 Å². The quantitative estimate of drug-likeness (QED) is 0.371. The van der Waals surface area contributed by atoms with Crippen molar-refractivity contribution in [3.63, 3.8) is 0 Å². The molecule has 2 aromatic carbocycles. The molecule has 0 bridgehead atoms. The molecule has 0 heterocycles. The highest BCUT2D eigenvalue weighted by Gasteiger charge is 2.31. The van der Waals surface area contributed by atoms with Crippen molar-refractivity contribution < 1.29 is 0 Å². The minimum absolute atomic E-state index is 0.757. The second kappa shape index (κ2) is 8.68. The van der Waals surface area contributed by atoms with Crippen molar-refractivity contribution in [2.45, 2.75) is 72.1 Å². The van der Waals surface area contributed by atoms with Gasteiger partial charge in [-0.3, -0.25) is 0 Å². The maximum absolute atomic E-state index is 2.55. The summed E-state index contributed by atoms with van der Waals surface area (Å²) in [4.78, 5) is 0. The summed E-state index contributed by atoms with van der Waals surface area (Å²) in [6.45, 7) is 7.09. The molecule has 0 amide bonds. The van der Waals surface area contributed by atoms with Crippen LogP contribution in [-0.4, -0.2) is 0 Å². The molecule has 28 heavy (non-hydrogen) atoms. The van der Waals surface area contributed by atoms with Gasteiger partial charge in [-0.05, 0) is 91.0 Å². The van der Waals surface area contributed by atoms with Crippen molar-refractivity contribution in [3.05, 3.63) is 70.8 Å². The zero-order valence-corrected chi connectivity index (χ0v) is 18.0. The molecular weight excluding hydrogens is 336 g/mol. The monoisotopic (exact) mass is 372 g/mol. The van der Waals surface area contributed by atoms with Crippen LogP contribution < -0.4 is 0 Å². The number of aryl methyl sites for hydroxylation is 1. The van der Waals surface area contributed by atoms with Crippen LogP contribution in [0.15, 0.2) is 54.1 Å². The molecule has 0 fully saturated rings. The van der Waals surface area contributed by atoms with Crippen LogP contribution in [0.3, 0.4) is 0 Å². The average Bonchev–Trinajstić information content (AvgIpc) is 2.84. The number of benzene rings is 2. The lowest BCUT2D eigenvalue weighted by molar-refractivity contribution is 0.226. The van der Waals surface area contributed by atoms with Gasteiger partial charge in [-0.15, -0.1) is 0 Å². The molecule has 0 radical (unpaired) electrons. The Hall–Kier alpha value is -1.82. The number of hydrogen-bond acceptors (Lipinski definition) is 0. The summed E-state index contributed by atoms with van der Waals surface area (Å²) in [7, 11) is 0. The smallest absolute Gasteiger partial charge is 0.0149 e. The third-order valence-electron chi connectivity index (χ3n) is 7.23. The van der Waals surface area contributed by atoms with Crippen LogP contribution >= 0.6 is 0 Å². The van der Waals surface area contributed by atoms with Crippen molar-refractivity contribution >= 4 is 0 Å². The molecule has 148 valence electrons. The topological polar surface area (TPSA) is 0 Å². The third-order valence-corrected chi connectivity index (χ3v) is 7.23. The molecule has 0 saturated heterocycles. The largest absolute Gasteiger partial charge is 0.0853 e. The van der Waals surface area contributed by atoms with Gasteiger partial charge in [0.05, 0.1) is 0 Å². The summed E-state index contributed by atoms with van der Waals surface area (Å²) in [5.74, 6) is 2.37. The van der Waals surface area contributed by atoms with E-state index in [2.05, 4.69) is 69.3 Å². The maximum atomic E-state index is 2.55. The van der Waals surface area contributed by atoms with Crippen LogP contribution in [0.1, 0.15) is 69.6 Å². The van der Waals surface area contributed by atoms with Gasteiger partial charge < -0.3 is 0 Å². The van der Waals surface area contributed by atoms with Gasteiger partial charge in [0.25, 0.3) is 0 Å². The van der Waals surface area contributed by atoms with E-state index in [1.165, 1.54) is 68.1 Å². The van der Waals surface area contributed by atoms with E-state index >= 15 is 0 Å². The first-order valence-corrected chi connectivity index (χ1v) is 11.5. The molecule has 0 N–H and O–H groups in total. The molecular formula is C28H36. The molecule has 0 saturated carbocycles. The van der Waals surface area contributed by atoms with Gasteiger partial charge in [-0.1, -0.05) is 80.8 Å². The van der Waals surface area contributed by atoms with E-state index in [0.29, 0.717) is 0 Å². The Bertz CT molecular complexity index is 841. The highest BCUT2D eigenvalue weighted by atomic mass is 14.4. The molecule has 0 spiro atoms. The van der Waals surface area contributed by atoms with Gasteiger partial charge in [0.1, 0.15) is 0 Å². The summed E-state index contributed by atoms with van der Waals surface area (Å²) in [5, 5.41) is 0. The second-order valence-corrected chi connectivity index (χ2v) is 9.41. The van der Waals surface area contributed by atoms with Crippen LogP contribution in [0.5, 0.6) is 0 Å². The van der Waals surface area contributed by atoms with Gasteiger partial charge in [0.2, 0.25) is 0 Å². The first-order chi connectivity index (χ1) is 13.7. The SMILES string of the molecule is CCCCCc1ccc2c(c1)CC(C1CC=C(C)CC1C)Cc1ccccc1-2. The summed E-state index contributed by atoms with van der Waals surface area (Å²) < 4.78 is 0. The Morgan fingerprint density at radius 3 is 2.50 bits per heavy atom. The van der Waals surface area contributed by atoms with Crippen LogP contribution in [-0.2, 0) is 19.3 Å². The molecule has 4 rings (SSSR count). The number of rotatable bonds is 5. The Balaban J connectivity index is 1.68. The molecule has 0 heteroatoms. The fraction of sp³-hybridized carbons (Fsp3) is 0.500. The highest BCUT2D eigenvalue weighted by Crippen LogP contribution is 2.42. The van der Waals surface area contributed by atoms with Crippen molar-refractivity contribution in [1.29, 1.82) is 0 Å². The summed E-state index contributed by atoms with van der Waals surface area (Å²) >= 11 is 0. The summed E-state index contributed by atoms with van der Waals surface area (Å²) in [5.41, 5.74) is 9.27. The van der Waals surface area contributed by atoms with Gasteiger partial charge >= 0.3 is 0 Å². The minimum atomic E-state index is 0.757. The molecule has 0 aliphatic heterocycles. The lowest BCUT2D eigenvalue weighted by atomic mass is 9.71. The minimum Gasteiger partial charge on any atom is -0.0853 e. The molecule has 3 atom stereocenters. The zero-order chi connectivity index (χ0) is 19.5. The van der Waals surface area contributed by atoms with Crippen molar-refractivity contribution in [1.82, 2.24) is 0 Å². The summed E-state index contributed by atoms with van der Waals surface area (Å²) in [6, 6.07) is 16.5. The van der Waals surface area contributed by atoms with Gasteiger partial charge in [-0.2, -0.15) is 0 Å². The van der Waals surface area contributed by atoms with Crippen molar-refractivity contribution in [2.75, 3.05) is 0 Å². The number of fused-ring (bicyclic) bond motifs is 3. The van der Waals surface area contributed by atoms with E-state index in [-0.39, 0.29) is 0 Å². The Kier molecular flexibility index (Phi) is 6.04. The Morgan fingerprint density at radius 2 is 1.68 bits per heavy atom. The van der Waals surface area contributed by atoms with Crippen molar-refractivity contribution in [3.8, 4) is 11.1 Å². The molecule has 2 aliphatic rings. The Morgan fingerprint density at radius 1 is 0.893 bits per heavy atom. The van der Waals surface area contributed by atoms with Gasteiger partial charge in [0, 0.05) is 0 Å². The number of hydrogen-bond donors (Lipinski definition) is 0. The van der Waals surface area contributed by atoms with Crippen molar-refractivity contribution in [2.24, 2.45) is 17.8 Å². The van der Waals surface area contributed by atoms with E-state index in [1.807, 2.05) is 0 Å². The van der Waals surface area contributed by atoms with Crippen LogP contribution in [0.2, 0.25) is 0 Å². The predicted octanol–water partition coefficient (Wildman–Crippen LogP) is 7.79. The molecule has 3 unspecified atom stereocenters. The fourth-order valence-corrected chi connectivity index (χ4v) is 5.68. The van der Waals surface area contributed by atoms with E-state index < -0.39 is 0 Å². The van der Waals surface area contributed by atoms with E-state index in [0.717, 1.165) is 17.8 Å². The van der Waals surface area contributed by atoms with E-state index in [1.54, 1.807) is 16.7 Å². The molecule has 2 aliphatic carbocycles. The normalized spacial score (nSPS) is 24.1.